The van der Waals surface area contributed by atoms with Crippen LogP contribution in [-0.4, -0.2) is 36.3 Å². The molecule has 2 unspecified atom stereocenters. The Hall–Kier alpha value is -3.97. The SMILES string of the molecule is CCOC(=O)C1N(c2cccc(Cl)c2)C(c2ccccc2)=NC12C(=O)N(C(C)=O)c1ccccc12. The molecule has 0 fully saturated rings. The number of amides is 2. The maximum absolute atomic E-state index is 14.1. The van der Waals surface area contributed by atoms with Gasteiger partial charge in [-0.3, -0.25) is 9.59 Å². The summed E-state index contributed by atoms with van der Waals surface area (Å²) in [5.74, 6) is -1.28. The Balaban J connectivity index is 1.85. The van der Waals surface area contributed by atoms with Crippen molar-refractivity contribution in [1.82, 2.24) is 0 Å². The van der Waals surface area contributed by atoms with E-state index in [1.807, 2.05) is 30.3 Å². The lowest BCUT2D eigenvalue weighted by atomic mass is 9.84. The third-order valence-electron chi connectivity index (χ3n) is 6.19. The lowest BCUT2D eigenvalue weighted by Crippen LogP contribution is -2.56. The van der Waals surface area contributed by atoms with Gasteiger partial charge in [-0.1, -0.05) is 66.2 Å². The number of nitrogens with zero attached hydrogens (tertiary/aromatic N) is 3. The summed E-state index contributed by atoms with van der Waals surface area (Å²) in [5.41, 5.74) is 0.425. The molecule has 0 bridgehead atoms. The van der Waals surface area contributed by atoms with E-state index in [-0.39, 0.29) is 6.61 Å². The van der Waals surface area contributed by atoms with Crippen molar-refractivity contribution in [3.8, 4) is 0 Å². The predicted molar refractivity (Wildman–Crippen MR) is 134 cm³/mol. The highest BCUT2D eigenvalue weighted by Gasteiger charge is 2.65. The number of ether oxygens (including phenoxy) is 1. The molecule has 8 heteroatoms. The van der Waals surface area contributed by atoms with Gasteiger partial charge in [0.2, 0.25) is 11.4 Å². The second-order valence-electron chi connectivity index (χ2n) is 8.25. The Morgan fingerprint density at radius 1 is 1.03 bits per heavy atom. The summed E-state index contributed by atoms with van der Waals surface area (Å²) in [6.07, 6.45) is 0. The van der Waals surface area contributed by atoms with E-state index >= 15 is 0 Å². The van der Waals surface area contributed by atoms with Gasteiger partial charge in [0, 0.05) is 28.8 Å². The van der Waals surface area contributed by atoms with Crippen molar-refractivity contribution in [3.05, 3.63) is 95.0 Å². The van der Waals surface area contributed by atoms with Gasteiger partial charge in [0.25, 0.3) is 5.91 Å². The van der Waals surface area contributed by atoms with Gasteiger partial charge in [-0.2, -0.15) is 0 Å². The van der Waals surface area contributed by atoms with Crippen LogP contribution in [0, 0.1) is 0 Å². The molecule has 2 aliphatic rings. The molecule has 0 radical (unpaired) electrons. The minimum absolute atomic E-state index is 0.113. The van der Waals surface area contributed by atoms with Gasteiger partial charge in [0.1, 0.15) is 5.84 Å². The molecule has 2 aliphatic heterocycles. The molecule has 3 aromatic rings. The van der Waals surface area contributed by atoms with Crippen molar-refractivity contribution in [2.75, 3.05) is 16.4 Å². The average Bonchev–Trinajstić information content (AvgIpc) is 3.34. The monoisotopic (exact) mass is 487 g/mol. The molecule has 7 nitrogen and oxygen atoms in total. The van der Waals surface area contributed by atoms with E-state index in [0.717, 1.165) is 4.90 Å². The number of carbonyl (C=O) groups is 3. The number of fused-ring (bicyclic) bond motifs is 2. The standard InChI is InChI=1S/C27H22ClN3O4/c1-3-35-25(33)23-27(21-14-7-8-15-22(21)30(17(2)32)26(27)34)29-24(18-10-5-4-6-11-18)31(23)20-13-9-12-19(28)16-20/h4-16,23H,3H2,1-2H3. The maximum Gasteiger partial charge on any atom is 0.332 e. The van der Waals surface area contributed by atoms with Gasteiger partial charge < -0.3 is 9.64 Å². The molecular formula is C27H22ClN3O4. The number of rotatable bonds is 4. The smallest absolute Gasteiger partial charge is 0.332 e. The number of aliphatic imine (C=N–C) groups is 1. The highest BCUT2D eigenvalue weighted by Crippen LogP contribution is 2.51. The van der Waals surface area contributed by atoms with Gasteiger partial charge in [0.05, 0.1) is 12.3 Å². The van der Waals surface area contributed by atoms with Crippen LogP contribution in [0.15, 0.2) is 83.9 Å². The van der Waals surface area contributed by atoms with Gasteiger partial charge in [0.15, 0.2) is 6.04 Å². The summed E-state index contributed by atoms with van der Waals surface area (Å²) >= 11 is 6.33. The molecule has 0 saturated carbocycles. The summed E-state index contributed by atoms with van der Waals surface area (Å²) in [4.78, 5) is 48.1. The Labute approximate surface area is 207 Å². The second-order valence-corrected chi connectivity index (χ2v) is 8.69. The first-order chi connectivity index (χ1) is 16.9. The quantitative estimate of drug-likeness (QED) is 0.512. The van der Waals surface area contributed by atoms with Crippen LogP contribution in [0.2, 0.25) is 5.02 Å². The molecule has 0 aliphatic carbocycles. The zero-order valence-electron chi connectivity index (χ0n) is 19.1. The molecule has 5 rings (SSSR count). The minimum Gasteiger partial charge on any atom is -0.464 e. The Bertz CT molecular complexity index is 1370. The molecule has 2 atom stereocenters. The number of para-hydroxylation sites is 1. The van der Waals surface area contributed by atoms with Crippen LogP contribution in [0.4, 0.5) is 11.4 Å². The van der Waals surface area contributed by atoms with E-state index in [9.17, 15) is 14.4 Å². The first-order valence-electron chi connectivity index (χ1n) is 11.2. The zero-order chi connectivity index (χ0) is 24.7. The lowest BCUT2D eigenvalue weighted by molar-refractivity contribution is -0.148. The molecular weight excluding hydrogens is 466 g/mol. The zero-order valence-corrected chi connectivity index (χ0v) is 19.9. The normalized spacial score (nSPS) is 20.7. The summed E-state index contributed by atoms with van der Waals surface area (Å²) in [7, 11) is 0. The van der Waals surface area contributed by atoms with E-state index in [1.165, 1.54) is 6.92 Å². The lowest BCUT2D eigenvalue weighted by Gasteiger charge is -2.33. The van der Waals surface area contributed by atoms with Gasteiger partial charge >= 0.3 is 5.97 Å². The van der Waals surface area contributed by atoms with Gasteiger partial charge in [-0.25, -0.2) is 14.7 Å². The molecule has 35 heavy (non-hydrogen) atoms. The van der Waals surface area contributed by atoms with Crippen molar-refractivity contribution >= 4 is 46.6 Å². The van der Waals surface area contributed by atoms with E-state index in [1.54, 1.807) is 60.4 Å². The average molecular weight is 488 g/mol. The maximum atomic E-state index is 14.1. The molecule has 0 N–H and O–H groups in total. The Morgan fingerprint density at radius 3 is 2.43 bits per heavy atom. The number of carbonyl (C=O) groups excluding carboxylic acids is 3. The van der Waals surface area contributed by atoms with Crippen LogP contribution in [-0.2, 0) is 24.7 Å². The Morgan fingerprint density at radius 2 is 1.74 bits per heavy atom. The highest BCUT2D eigenvalue weighted by atomic mass is 35.5. The van der Waals surface area contributed by atoms with E-state index in [2.05, 4.69) is 0 Å². The molecule has 0 aromatic heterocycles. The number of imide groups is 1. The number of halogens is 1. The van der Waals surface area contributed by atoms with Crippen molar-refractivity contribution in [3.63, 3.8) is 0 Å². The van der Waals surface area contributed by atoms with Gasteiger partial charge in [-0.05, 0) is 31.2 Å². The summed E-state index contributed by atoms with van der Waals surface area (Å²) in [6.45, 7) is 3.13. The molecule has 0 saturated heterocycles. The van der Waals surface area contributed by atoms with Crippen LogP contribution in [0.1, 0.15) is 25.0 Å². The van der Waals surface area contributed by atoms with Gasteiger partial charge in [-0.15, -0.1) is 0 Å². The number of hydrogen-bond donors (Lipinski definition) is 0. The van der Waals surface area contributed by atoms with Crippen LogP contribution < -0.4 is 9.80 Å². The molecule has 3 aromatic carbocycles. The number of hydrogen-bond acceptors (Lipinski definition) is 6. The van der Waals surface area contributed by atoms with E-state index in [0.29, 0.717) is 33.4 Å². The predicted octanol–water partition coefficient (Wildman–Crippen LogP) is 4.33. The molecule has 2 heterocycles. The van der Waals surface area contributed by atoms with Crippen LogP contribution in [0.3, 0.4) is 0 Å². The fraction of sp³-hybridized carbons (Fsp3) is 0.185. The number of amidine groups is 1. The largest absolute Gasteiger partial charge is 0.464 e. The third-order valence-corrected chi connectivity index (χ3v) is 6.43. The first kappa shape index (κ1) is 22.8. The highest BCUT2D eigenvalue weighted by molar-refractivity contribution is 6.31. The summed E-state index contributed by atoms with van der Waals surface area (Å²) < 4.78 is 5.50. The van der Waals surface area contributed by atoms with Crippen molar-refractivity contribution in [2.45, 2.75) is 25.4 Å². The molecule has 1 spiro atoms. The van der Waals surface area contributed by atoms with Crippen LogP contribution >= 0.6 is 11.6 Å². The number of benzene rings is 3. The molecule has 176 valence electrons. The van der Waals surface area contributed by atoms with Crippen molar-refractivity contribution in [1.29, 1.82) is 0 Å². The number of anilines is 2. The number of esters is 1. The van der Waals surface area contributed by atoms with Crippen molar-refractivity contribution in [2.24, 2.45) is 4.99 Å². The minimum atomic E-state index is -1.72. The van der Waals surface area contributed by atoms with E-state index < -0.39 is 29.4 Å². The van der Waals surface area contributed by atoms with E-state index in [4.69, 9.17) is 21.3 Å². The fourth-order valence-corrected chi connectivity index (χ4v) is 5.03. The summed E-state index contributed by atoms with van der Waals surface area (Å²) in [5, 5.41) is 0.460. The van der Waals surface area contributed by atoms with Crippen LogP contribution in [0.25, 0.3) is 0 Å². The van der Waals surface area contributed by atoms with Crippen molar-refractivity contribution < 1.29 is 19.1 Å². The molecule has 2 amide bonds. The second kappa shape index (κ2) is 8.67. The fourth-order valence-electron chi connectivity index (χ4n) is 4.85. The van der Waals surface area contributed by atoms with Crippen LogP contribution in [0.5, 0.6) is 0 Å². The summed E-state index contributed by atoms with van der Waals surface area (Å²) in [6, 6.07) is 22.0. The third kappa shape index (κ3) is 3.42. The first-order valence-corrected chi connectivity index (χ1v) is 11.6. The Kier molecular flexibility index (Phi) is 5.65. The topological polar surface area (TPSA) is 79.3 Å².